The van der Waals surface area contributed by atoms with Gasteiger partial charge in [0.2, 0.25) is 0 Å². The number of benzene rings is 2. The summed E-state index contributed by atoms with van der Waals surface area (Å²) in [5.74, 6) is 0.633. The van der Waals surface area contributed by atoms with Crippen LogP contribution in [0, 0.1) is 0 Å². The van der Waals surface area contributed by atoms with Gasteiger partial charge in [-0.2, -0.15) is 4.98 Å². The van der Waals surface area contributed by atoms with Gasteiger partial charge in [-0.1, -0.05) is 50.1 Å². The van der Waals surface area contributed by atoms with Gasteiger partial charge in [-0.15, -0.1) is 0 Å². The highest BCUT2D eigenvalue weighted by atomic mass is 79.9. The Hall–Kier alpha value is -2.05. The smallest absolute Gasteiger partial charge is 0.272 e. The van der Waals surface area contributed by atoms with Crippen LogP contribution >= 0.6 is 31.9 Å². The Labute approximate surface area is 155 Å². The Kier molecular flexibility index (Phi) is 3.94. The second kappa shape index (κ2) is 6.11. The van der Waals surface area contributed by atoms with Gasteiger partial charge in [0.15, 0.2) is 0 Å². The largest absolute Gasteiger partial charge is 0.303 e. The van der Waals surface area contributed by atoms with Gasteiger partial charge in [0.25, 0.3) is 5.56 Å². The number of halogens is 2. The topological polar surface area (TPSA) is 47.2 Å². The summed E-state index contributed by atoms with van der Waals surface area (Å²) in [5, 5.41) is 0. The Balaban J connectivity index is 2.03. The number of rotatable bonds is 1. The van der Waals surface area contributed by atoms with Gasteiger partial charge in [0.1, 0.15) is 5.82 Å². The van der Waals surface area contributed by atoms with Crippen LogP contribution < -0.4 is 5.56 Å². The van der Waals surface area contributed by atoms with Crippen molar-refractivity contribution in [2.75, 3.05) is 0 Å². The zero-order chi connectivity index (χ0) is 16.7. The van der Waals surface area contributed by atoms with Crippen molar-refractivity contribution in [2.24, 2.45) is 4.99 Å². The van der Waals surface area contributed by atoms with E-state index in [9.17, 15) is 4.79 Å². The van der Waals surface area contributed by atoms with Gasteiger partial charge in [-0.05, 0) is 24.3 Å². The van der Waals surface area contributed by atoms with Crippen LogP contribution in [0.15, 0.2) is 73.5 Å². The normalized spacial score (nSPS) is 12.8. The third-order valence-corrected chi connectivity index (χ3v) is 5.05. The van der Waals surface area contributed by atoms with E-state index >= 15 is 0 Å². The zero-order valence-corrected chi connectivity index (χ0v) is 15.6. The van der Waals surface area contributed by atoms with Crippen molar-refractivity contribution in [2.45, 2.75) is 6.54 Å². The summed E-state index contributed by atoms with van der Waals surface area (Å²) in [7, 11) is 0. The lowest BCUT2D eigenvalue weighted by molar-refractivity contribution is 0.819. The second-order valence-corrected chi connectivity index (χ2v) is 7.13. The Bertz CT molecular complexity index is 1040. The molecule has 0 N–H and O–H groups in total. The summed E-state index contributed by atoms with van der Waals surface area (Å²) in [6.07, 6.45) is 1.76. The van der Waals surface area contributed by atoms with E-state index in [4.69, 9.17) is 4.99 Å². The van der Waals surface area contributed by atoms with Crippen molar-refractivity contribution in [3.63, 3.8) is 0 Å². The number of fused-ring (bicyclic) bond motifs is 3. The molecule has 2 aromatic carbocycles. The molecule has 0 unspecified atom stereocenters. The summed E-state index contributed by atoms with van der Waals surface area (Å²) in [6, 6.07) is 15.5. The van der Waals surface area contributed by atoms with Gasteiger partial charge in [-0.25, -0.2) is 0 Å². The van der Waals surface area contributed by atoms with E-state index in [1.165, 1.54) is 6.07 Å². The van der Waals surface area contributed by atoms with Crippen LogP contribution in [0.4, 0.5) is 0 Å². The highest BCUT2D eigenvalue weighted by molar-refractivity contribution is 9.10. The van der Waals surface area contributed by atoms with Gasteiger partial charge in [-0.3, -0.25) is 9.79 Å². The molecule has 6 heteroatoms. The molecule has 0 radical (unpaired) electrons. The van der Waals surface area contributed by atoms with Gasteiger partial charge >= 0.3 is 0 Å². The molecule has 4 rings (SSSR count). The van der Waals surface area contributed by atoms with Gasteiger partial charge in [0, 0.05) is 32.3 Å². The Morgan fingerprint density at radius 3 is 2.67 bits per heavy atom. The lowest BCUT2D eigenvalue weighted by Gasteiger charge is -2.14. The minimum absolute atomic E-state index is 0.251. The van der Waals surface area contributed by atoms with Gasteiger partial charge < -0.3 is 4.57 Å². The Morgan fingerprint density at radius 2 is 1.83 bits per heavy atom. The molecular weight excluding hydrogens is 434 g/mol. The minimum Gasteiger partial charge on any atom is -0.303 e. The van der Waals surface area contributed by atoms with Gasteiger partial charge in [0.05, 0.1) is 17.9 Å². The van der Waals surface area contributed by atoms with Crippen molar-refractivity contribution in [3.8, 4) is 5.69 Å². The molecule has 1 aliphatic rings. The SMILES string of the molecule is O=c1ccn2c(n1)CN=C(c1ccccc1Br)c1cc(Br)ccc1-2. The van der Waals surface area contributed by atoms with Crippen LogP contribution in [0.1, 0.15) is 17.0 Å². The molecule has 0 atom stereocenters. The van der Waals surface area contributed by atoms with Crippen LogP contribution in [-0.2, 0) is 6.54 Å². The molecule has 0 saturated heterocycles. The summed E-state index contributed by atoms with van der Waals surface area (Å²) in [4.78, 5) is 20.5. The van der Waals surface area contributed by atoms with E-state index in [0.717, 1.165) is 31.5 Å². The number of nitrogens with zero attached hydrogens (tertiary/aromatic N) is 3. The molecule has 0 amide bonds. The standard InChI is InChI=1S/C18H11Br2N3O/c19-11-5-6-15-13(9-11)18(12-3-1-2-4-14(12)20)21-10-16-22-17(24)7-8-23(15)16/h1-9H,10H2. The van der Waals surface area contributed by atoms with Crippen LogP contribution in [0.3, 0.4) is 0 Å². The molecule has 3 aromatic rings. The van der Waals surface area contributed by atoms with Crippen molar-refractivity contribution in [1.29, 1.82) is 0 Å². The third kappa shape index (κ3) is 2.65. The van der Waals surface area contributed by atoms with Crippen molar-refractivity contribution >= 4 is 37.6 Å². The van der Waals surface area contributed by atoms with Crippen LogP contribution in [0.2, 0.25) is 0 Å². The average molecular weight is 445 g/mol. The van der Waals surface area contributed by atoms with E-state index < -0.39 is 0 Å². The zero-order valence-electron chi connectivity index (χ0n) is 12.4. The van der Waals surface area contributed by atoms with Crippen LogP contribution in [0.25, 0.3) is 5.69 Å². The molecule has 4 nitrogen and oxygen atoms in total. The fraction of sp³-hybridized carbons (Fsp3) is 0.0556. The molecule has 1 aromatic heterocycles. The first-order valence-electron chi connectivity index (χ1n) is 7.32. The lowest BCUT2D eigenvalue weighted by Crippen LogP contribution is -2.15. The number of aromatic nitrogens is 2. The molecule has 0 spiro atoms. The molecule has 0 fully saturated rings. The molecular formula is C18H11Br2N3O. The van der Waals surface area contributed by atoms with Crippen molar-refractivity contribution in [3.05, 3.63) is 91.0 Å². The fourth-order valence-corrected chi connectivity index (χ4v) is 3.63. The molecule has 0 saturated carbocycles. The van der Waals surface area contributed by atoms with E-state index in [-0.39, 0.29) is 5.56 Å². The van der Waals surface area contributed by atoms with Crippen molar-refractivity contribution in [1.82, 2.24) is 9.55 Å². The molecule has 0 aliphatic carbocycles. The maximum atomic E-state index is 11.6. The fourth-order valence-electron chi connectivity index (χ4n) is 2.80. The highest BCUT2D eigenvalue weighted by Crippen LogP contribution is 2.29. The monoisotopic (exact) mass is 443 g/mol. The lowest BCUT2D eigenvalue weighted by atomic mass is 10.0. The molecule has 2 heterocycles. The summed E-state index contributed by atoms with van der Waals surface area (Å²) in [6.45, 7) is 0.346. The second-order valence-electron chi connectivity index (χ2n) is 5.36. The summed E-state index contributed by atoms with van der Waals surface area (Å²) >= 11 is 7.15. The number of aliphatic imine (C=N–C) groups is 1. The predicted octanol–water partition coefficient (Wildman–Crippen LogP) is 4.11. The highest BCUT2D eigenvalue weighted by Gasteiger charge is 2.20. The van der Waals surface area contributed by atoms with Crippen LogP contribution in [-0.4, -0.2) is 15.3 Å². The summed E-state index contributed by atoms with van der Waals surface area (Å²) in [5.41, 5.74) is 3.57. The first-order chi connectivity index (χ1) is 11.6. The van der Waals surface area contributed by atoms with E-state index in [1.54, 1.807) is 6.20 Å². The number of hydrogen-bond donors (Lipinski definition) is 0. The maximum absolute atomic E-state index is 11.6. The first-order valence-corrected chi connectivity index (χ1v) is 8.90. The first kappa shape index (κ1) is 15.5. The van der Waals surface area contributed by atoms with E-state index in [0.29, 0.717) is 12.4 Å². The number of hydrogen-bond acceptors (Lipinski definition) is 3. The van der Waals surface area contributed by atoms with E-state index in [1.807, 2.05) is 47.0 Å². The van der Waals surface area contributed by atoms with E-state index in [2.05, 4.69) is 36.8 Å². The van der Waals surface area contributed by atoms with Crippen molar-refractivity contribution < 1.29 is 0 Å². The third-order valence-electron chi connectivity index (χ3n) is 3.86. The summed E-state index contributed by atoms with van der Waals surface area (Å²) < 4.78 is 3.87. The average Bonchev–Trinajstić information content (AvgIpc) is 2.72. The quantitative estimate of drug-likeness (QED) is 0.567. The minimum atomic E-state index is -0.251. The maximum Gasteiger partial charge on any atom is 0.272 e. The molecule has 1 aliphatic heterocycles. The molecule has 118 valence electrons. The predicted molar refractivity (Wildman–Crippen MR) is 101 cm³/mol. The Morgan fingerprint density at radius 1 is 1.00 bits per heavy atom. The molecule has 0 bridgehead atoms. The van der Waals surface area contributed by atoms with Crippen LogP contribution in [0.5, 0.6) is 0 Å². The molecule has 24 heavy (non-hydrogen) atoms.